The van der Waals surface area contributed by atoms with Crippen molar-refractivity contribution in [3.05, 3.63) is 52.1 Å². The van der Waals surface area contributed by atoms with Crippen LogP contribution in [0, 0.1) is 10.1 Å². The lowest BCUT2D eigenvalue weighted by Crippen LogP contribution is -2.55. The van der Waals surface area contributed by atoms with Crippen molar-refractivity contribution in [2.24, 2.45) is 0 Å². The van der Waals surface area contributed by atoms with E-state index in [4.69, 9.17) is 14.2 Å². The number of nitrogens with one attached hydrogen (secondary N) is 1. The Morgan fingerprint density at radius 1 is 1.46 bits per heavy atom. The van der Waals surface area contributed by atoms with Crippen LogP contribution >= 0.6 is 0 Å². The van der Waals surface area contributed by atoms with Gasteiger partial charge in [-0.1, -0.05) is 13.8 Å². The first kappa shape index (κ1) is 21.3. The minimum atomic E-state index is -0.970. The highest BCUT2D eigenvalue weighted by molar-refractivity contribution is 5.48. The number of benzene rings is 1. The highest BCUT2D eigenvalue weighted by Crippen LogP contribution is 2.44. The van der Waals surface area contributed by atoms with Crippen LogP contribution in [0.2, 0.25) is 0 Å². The van der Waals surface area contributed by atoms with Gasteiger partial charge in [-0.15, -0.1) is 0 Å². The van der Waals surface area contributed by atoms with Crippen LogP contribution in [0.1, 0.15) is 38.3 Å². The maximum absolute atomic E-state index is 11.2. The standard InChI is InChI=1S/C19H24N2O7/c1-4-19(5-2)18(23)17(20-11-14(26-3)12-27-9-8-22)15-10-13(21(24)25)6-7-16(15)28-19/h6-7,9-11,17-18,20,23H,4-5,12H2,1-3H3/b14-11+/t17-,18+/m1/s1. The molecule has 0 bridgehead atoms. The molecule has 1 heterocycles. The largest absolute Gasteiger partial charge is 0.496 e. The zero-order valence-electron chi connectivity index (χ0n) is 16.0. The number of methoxy groups -OCH3 is 1. The maximum Gasteiger partial charge on any atom is 0.270 e. The van der Waals surface area contributed by atoms with Gasteiger partial charge >= 0.3 is 0 Å². The number of nitrogens with zero attached hydrogens (tertiary/aromatic N) is 1. The van der Waals surface area contributed by atoms with E-state index in [2.05, 4.69) is 5.32 Å². The molecule has 1 aliphatic rings. The molecule has 0 radical (unpaired) electrons. The fraction of sp³-hybridized carbons (Fsp3) is 0.474. The molecule has 0 spiro atoms. The first-order chi connectivity index (χ1) is 13.4. The quantitative estimate of drug-likeness (QED) is 0.284. The molecule has 9 nitrogen and oxygen atoms in total. The molecule has 0 aromatic heterocycles. The monoisotopic (exact) mass is 392 g/mol. The van der Waals surface area contributed by atoms with Gasteiger partial charge in [0, 0.05) is 23.9 Å². The van der Waals surface area contributed by atoms with Crippen LogP contribution in [-0.4, -0.2) is 41.4 Å². The summed E-state index contributed by atoms with van der Waals surface area (Å²) in [4.78, 5) is 20.9. The minimum Gasteiger partial charge on any atom is -0.496 e. The van der Waals surface area contributed by atoms with Crippen molar-refractivity contribution in [3.8, 4) is 5.75 Å². The number of non-ortho nitro benzene ring substituents is 1. The highest BCUT2D eigenvalue weighted by atomic mass is 16.6. The van der Waals surface area contributed by atoms with Gasteiger partial charge in [-0.05, 0) is 18.9 Å². The van der Waals surface area contributed by atoms with Gasteiger partial charge in [-0.3, -0.25) is 10.1 Å². The number of hydrogen-bond donors (Lipinski definition) is 2. The van der Waals surface area contributed by atoms with E-state index in [0.29, 0.717) is 29.9 Å². The molecule has 2 atom stereocenters. The molecular weight excluding hydrogens is 368 g/mol. The molecule has 0 saturated carbocycles. The number of nitro benzene ring substituents is 1. The fourth-order valence-corrected chi connectivity index (χ4v) is 3.23. The third-order valence-corrected chi connectivity index (χ3v) is 4.95. The number of fused-ring (bicyclic) bond motifs is 1. The third-order valence-electron chi connectivity index (χ3n) is 4.95. The van der Waals surface area contributed by atoms with Crippen LogP contribution in [0.4, 0.5) is 5.69 Å². The first-order valence-corrected chi connectivity index (χ1v) is 8.87. The second-order valence-corrected chi connectivity index (χ2v) is 6.30. The summed E-state index contributed by atoms with van der Waals surface area (Å²) < 4.78 is 16.2. The molecule has 28 heavy (non-hydrogen) atoms. The summed E-state index contributed by atoms with van der Waals surface area (Å²) in [5.41, 5.74) is -0.463. The van der Waals surface area contributed by atoms with Gasteiger partial charge in [0.1, 0.15) is 29.8 Å². The van der Waals surface area contributed by atoms with E-state index < -0.39 is 22.7 Å². The molecule has 0 unspecified atom stereocenters. The molecule has 0 aliphatic carbocycles. The Morgan fingerprint density at radius 2 is 2.18 bits per heavy atom. The topological polar surface area (TPSA) is 120 Å². The molecule has 0 saturated heterocycles. The van der Waals surface area contributed by atoms with Crippen molar-refractivity contribution in [1.29, 1.82) is 0 Å². The van der Waals surface area contributed by atoms with Crippen LogP contribution in [0.15, 0.2) is 36.4 Å². The van der Waals surface area contributed by atoms with Gasteiger partial charge in [-0.25, -0.2) is 4.79 Å². The summed E-state index contributed by atoms with van der Waals surface area (Å²) in [6, 6.07) is 3.64. The molecule has 0 amide bonds. The molecule has 1 aliphatic heterocycles. The number of carbonyl (C=O) groups excluding carboxylic acids is 1. The van der Waals surface area contributed by atoms with E-state index in [1.807, 2.05) is 13.8 Å². The zero-order chi connectivity index (χ0) is 20.7. The Bertz CT molecular complexity index is 782. The van der Waals surface area contributed by atoms with Crippen molar-refractivity contribution in [2.45, 2.75) is 44.4 Å². The highest BCUT2D eigenvalue weighted by Gasteiger charge is 2.47. The number of hydrogen-bond acceptors (Lipinski definition) is 8. The Balaban J connectivity index is 2.42. The smallest absolute Gasteiger partial charge is 0.270 e. The van der Waals surface area contributed by atoms with Crippen molar-refractivity contribution >= 4 is 11.6 Å². The average Bonchev–Trinajstić information content (AvgIpc) is 2.71. The van der Waals surface area contributed by atoms with Gasteiger partial charge in [-0.2, -0.15) is 0 Å². The Kier molecular flexibility index (Phi) is 7.03. The number of nitro groups is 1. The van der Waals surface area contributed by atoms with E-state index in [9.17, 15) is 20.0 Å². The van der Waals surface area contributed by atoms with E-state index in [-0.39, 0.29) is 12.3 Å². The van der Waals surface area contributed by atoms with Crippen LogP contribution in [0.25, 0.3) is 0 Å². The van der Waals surface area contributed by atoms with Gasteiger partial charge in [0.05, 0.1) is 18.1 Å². The predicted octanol–water partition coefficient (Wildman–Crippen LogP) is 2.39. The lowest BCUT2D eigenvalue weighted by Gasteiger charge is -2.45. The second kappa shape index (κ2) is 9.25. The normalized spacial score (nSPS) is 20.2. The van der Waals surface area contributed by atoms with Crippen molar-refractivity contribution in [1.82, 2.24) is 5.32 Å². The van der Waals surface area contributed by atoms with E-state index >= 15 is 0 Å². The predicted molar refractivity (Wildman–Crippen MR) is 100 cm³/mol. The van der Waals surface area contributed by atoms with Crippen molar-refractivity contribution in [3.63, 3.8) is 0 Å². The lowest BCUT2D eigenvalue weighted by molar-refractivity contribution is -0.385. The molecule has 1 aromatic carbocycles. The summed E-state index contributed by atoms with van der Waals surface area (Å²) >= 11 is 0. The van der Waals surface area contributed by atoms with Crippen molar-refractivity contribution in [2.75, 3.05) is 13.7 Å². The average molecular weight is 392 g/mol. The van der Waals surface area contributed by atoms with Gasteiger partial charge < -0.3 is 24.6 Å². The Morgan fingerprint density at radius 3 is 2.75 bits per heavy atom. The molecule has 9 heteroatoms. The Hall–Kier alpha value is -3.03. The lowest BCUT2D eigenvalue weighted by atomic mass is 9.80. The molecule has 2 N–H and O–H groups in total. The first-order valence-electron chi connectivity index (χ1n) is 8.87. The van der Waals surface area contributed by atoms with Crippen LogP contribution in [0.3, 0.4) is 0 Å². The molecule has 152 valence electrons. The van der Waals surface area contributed by atoms with E-state index in [1.54, 1.807) is 6.07 Å². The van der Waals surface area contributed by atoms with E-state index in [0.717, 1.165) is 6.26 Å². The summed E-state index contributed by atoms with van der Waals surface area (Å²) in [7, 11) is 1.43. The van der Waals surface area contributed by atoms with Gasteiger partial charge in [0.25, 0.3) is 5.69 Å². The van der Waals surface area contributed by atoms with Gasteiger partial charge in [0.15, 0.2) is 12.2 Å². The molecule has 2 rings (SSSR count). The van der Waals surface area contributed by atoms with E-state index in [1.165, 1.54) is 31.4 Å². The van der Waals surface area contributed by atoms with Crippen molar-refractivity contribution < 1.29 is 29.0 Å². The number of rotatable bonds is 9. The number of aliphatic hydroxyl groups is 1. The summed E-state index contributed by atoms with van der Waals surface area (Å²) in [5.74, 6) is 2.33. The molecular formula is C19H24N2O7. The second-order valence-electron chi connectivity index (χ2n) is 6.30. The van der Waals surface area contributed by atoms with Crippen LogP contribution in [0.5, 0.6) is 5.75 Å². The summed E-state index contributed by atoms with van der Waals surface area (Å²) in [6.07, 6.45) is 2.49. The zero-order valence-corrected chi connectivity index (χ0v) is 16.0. The Labute approximate surface area is 162 Å². The number of aliphatic hydroxyl groups excluding tert-OH is 1. The van der Waals surface area contributed by atoms with Crippen LogP contribution in [-0.2, 0) is 14.3 Å². The third kappa shape index (κ3) is 4.27. The fourth-order valence-electron chi connectivity index (χ4n) is 3.23. The summed E-state index contributed by atoms with van der Waals surface area (Å²) in [6.45, 7) is 3.80. The van der Waals surface area contributed by atoms with Gasteiger partial charge in [0.2, 0.25) is 0 Å². The molecule has 0 fully saturated rings. The minimum absolute atomic E-state index is 0.0213. The summed E-state index contributed by atoms with van der Waals surface area (Å²) in [5, 5.41) is 25.3. The SMILES string of the molecule is CCC1(CC)Oc2ccc([N+](=O)[O-])cc2[C@@H](N/C=C(\COC=C=O)OC)[C@@H]1O. The number of ether oxygens (including phenoxy) is 3. The maximum atomic E-state index is 11.2. The van der Waals surface area contributed by atoms with Crippen LogP contribution < -0.4 is 10.1 Å². The molecule has 1 aromatic rings.